The van der Waals surface area contributed by atoms with Crippen LogP contribution in [0.5, 0.6) is 0 Å². The highest BCUT2D eigenvalue weighted by Gasteiger charge is 2.49. The third kappa shape index (κ3) is 4.80. The van der Waals surface area contributed by atoms with Crippen LogP contribution < -0.4 is 0 Å². The predicted octanol–water partition coefficient (Wildman–Crippen LogP) is 3.17. The van der Waals surface area contributed by atoms with E-state index in [2.05, 4.69) is 0 Å². The van der Waals surface area contributed by atoms with E-state index < -0.39 is 12.2 Å². The molecule has 0 aromatic rings. The number of fused-ring (bicyclic) bond motifs is 1. The summed E-state index contributed by atoms with van der Waals surface area (Å²) in [7, 11) is 0. The van der Waals surface area contributed by atoms with Crippen LogP contribution in [-0.2, 0) is 19.1 Å². The Bertz CT molecular complexity index is 698. The Labute approximate surface area is 179 Å². The van der Waals surface area contributed by atoms with Crippen LogP contribution >= 0.6 is 0 Å². The second-order valence-corrected chi connectivity index (χ2v) is 9.42. The Morgan fingerprint density at radius 2 is 2.03 bits per heavy atom. The summed E-state index contributed by atoms with van der Waals surface area (Å²) in [5.41, 5.74) is 0.798. The van der Waals surface area contributed by atoms with Crippen molar-refractivity contribution in [3.63, 3.8) is 0 Å². The Balaban J connectivity index is 1.82. The highest BCUT2D eigenvalue weighted by atomic mass is 16.5. The van der Waals surface area contributed by atoms with Crippen molar-refractivity contribution in [1.82, 2.24) is 0 Å². The number of carbonyl (C=O) groups is 2. The first kappa shape index (κ1) is 23.0. The molecule has 1 heterocycles. The average molecular weight is 421 g/mol. The minimum Gasteiger partial charge on any atom is -0.462 e. The zero-order valence-electron chi connectivity index (χ0n) is 18.5. The van der Waals surface area contributed by atoms with E-state index in [4.69, 9.17) is 9.47 Å². The summed E-state index contributed by atoms with van der Waals surface area (Å²) < 4.78 is 11.4. The largest absolute Gasteiger partial charge is 0.462 e. The number of esters is 2. The van der Waals surface area contributed by atoms with Crippen molar-refractivity contribution in [2.75, 3.05) is 0 Å². The molecule has 3 aliphatic rings. The fourth-order valence-electron chi connectivity index (χ4n) is 5.16. The van der Waals surface area contributed by atoms with Crippen molar-refractivity contribution in [2.24, 2.45) is 29.6 Å². The van der Waals surface area contributed by atoms with Crippen LogP contribution in [0.4, 0.5) is 0 Å². The van der Waals surface area contributed by atoms with Crippen LogP contribution in [0.2, 0.25) is 0 Å². The standard InChI is InChI=1S/C24H36O6/c1-5-13(2)24(28)30-20-11-14(3)23(27)18-12-19(25)15(4)17(22(18)20)10-9-16-7-6-8-21(26)29-16/h6,8,12-17,19-20,22-23,25,27H,5,7,9-11H2,1-4H3/t13-,14+,15+,16-,17-,19+,20-,22+,23-/m0/s1. The highest BCUT2D eigenvalue weighted by molar-refractivity contribution is 5.82. The van der Waals surface area contributed by atoms with Crippen molar-refractivity contribution in [2.45, 2.75) is 84.2 Å². The summed E-state index contributed by atoms with van der Waals surface area (Å²) in [6.07, 6.45) is 6.70. The van der Waals surface area contributed by atoms with Crippen molar-refractivity contribution in [1.29, 1.82) is 0 Å². The lowest BCUT2D eigenvalue weighted by atomic mass is 9.61. The normalized spacial score (nSPS) is 39.5. The van der Waals surface area contributed by atoms with Gasteiger partial charge >= 0.3 is 11.9 Å². The van der Waals surface area contributed by atoms with Crippen LogP contribution in [0.1, 0.15) is 59.8 Å². The van der Waals surface area contributed by atoms with Gasteiger partial charge in [-0.3, -0.25) is 4.79 Å². The molecular weight excluding hydrogens is 384 g/mol. The van der Waals surface area contributed by atoms with E-state index in [0.717, 1.165) is 18.4 Å². The van der Waals surface area contributed by atoms with Crippen LogP contribution in [0.15, 0.2) is 23.8 Å². The van der Waals surface area contributed by atoms with E-state index in [1.165, 1.54) is 6.08 Å². The minimum absolute atomic E-state index is 0.0292. The number of aliphatic hydroxyl groups is 2. The summed E-state index contributed by atoms with van der Waals surface area (Å²) in [4.78, 5) is 24.1. The lowest BCUT2D eigenvalue weighted by Crippen LogP contribution is -2.51. The third-order valence-corrected chi connectivity index (χ3v) is 7.35. The molecule has 0 amide bonds. The van der Waals surface area contributed by atoms with E-state index in [9.17, 15) is 19.8 Å². The maximum Gasteiger partial charge on any atom is 0.330 e. The number of hydrogen-bond acceptors (Lipinski definition) is 6. The molecule has 3 rings (SSSR count). The first-order chi connectivity index (χ1) is 14.2. The van der Waals surface area contributed by atoms with Crippen LogP contribution in [0.3, 0.4) is 0 Å². The first-order valence-electron chi connectivity index (χ1n) is 11.4. The molecule has 0 aromatic heterocycles. The fraction of sp³-hybridized carbons (Fsp3) is 0.750. The van der Waals surface area contributed by atoms with Gasteiger partial charge < -0.3 is 19.7 Å². The SMILES string of the molecule is CC[C@H](C)C(=O)O[C@H]1C[C@@H](C)[C@H](O)C2=C[C@@H](O)[C@H](C)[C@H](CC[C@@H]3CC=CC(=O)O3)[C@H]21. The van der Waals surface area contributed by atoms with Crippen LogP contribution in [0.25, 0.3) is 0 Å². The lowest BCUT2D eigenvalue weighted by Gasteiger charge is -2.49. The topological polar surface area (TPSA) is 93.1 Å². The van der Waals surface area contributed by atoms with Crippen LogP contribution in [-0.4, -0.2) is 46.6 Å². The van der Waals surface area contributed by atoms with Crippen molar-refractivity contribution in [3.8, 4) is 0 Å². The molecule has 0 spiro atoms. The highest BCUT2D eigenvalue weighted by Crippen LogP contribution is 2.48. The predicted molar refractivity (Wildman–Crippen MR) is 112 cm³/mol. The van der Waals surface area contributed by atoms with Gasteiger partial charge in [-0.2, -0.15) is 0 Å². The van der Waals surface area contributed by atoms with Crippen LogP contribution in [0, 0.1) is 29.6 Å². The molecular formula is C24H36O6. The van der Waals surface area contributed by atoms with Crippen molar-refractivity contribution in [3.05, 3.63) is 23.8 Å². The molecule has 0 aromatic carbocycles. The summed E-state index contributed by atoms with van der Waals surface area (Å²) in [5, 5.41) is 21.5. The number of carbonyl (C=O) groups excluding carboxylic acids is 2. The number of hydrogen-bond donors (Lipinski definition) is 2. The zero-order chi connectivity index (χ0) is 22.0. The lowest BCUT2D eigenvalue weighted by molar-refractivity contribution is -0.162. The van der Waals surface area contributed by atoms with Gasteiger partial charge in [-0.1, -0.05) is 39.8 Å². The van der Waals surface area contributed by atoms with E-state index in [1.807, 2.05) is 33.8 Å². The molecule has 1 fully saturated rings. The van der Waals surface area contributed by atoms with E-state index in [0.29, 0.717) is 19.3 Å². The summed E-state index contributed by atoms with van der Waals surface area (Å²) >= 11 is 0. The molecule has 0 bridgehead atoms. The maximum atomic E-state index is 12.6. The van der Waals surface area contributed by atoms with Gasteiger partial charge in [0.05, 0.1) is 18.1 Å². The molecule has 2 aliphatic carbocycles. The average Bonchev–Trinajstić information content (AvgIpc) is 2.71. The molecule has 168 valence electrons. The summed E-state index contributed by atoms with van der Waals surface area (Å²) in [6, 6.07) is 0. The zero-order valence-corrected chi connectivity index (χ0v) is 18.5. The molecule has 2 N–H and O–H groups in total. The fourth-order valence-corrected chi connectivity index (χ4v) is 5.16. The summed E-state index contributed by atoms with van der Waals surface area (Å²) in [5.74, 6) is -0.871. The van der Waals surface area contributed by atoms with Gasteiger partial charge in [0.25, 0.3) is 0 Å². The first-order valence-corrected chi connectivity index (χ1v) is 11.4. The smallest absolute Gasteiger partial charge is 0.330 e. The number of aliphatic hydroxyl groups excluding tert-OH is 2. The number of cyclic esters (lactones) is 1. The van der Waals surface area contributed by atoms with Gasteiger partial charge in [0, 0.05) is 18.4 Å². The minimum atomic E-state index is -0.652. The quantitative estimate of drug-likeness (QED) is 0.506. The molecule has 30 heavy (non-hydrogen) atoms. The Hall–Kier alpha value is -1.66. The monoisotopic (exact) mass is 420 g/mol. The van der Waals surface area contributed by atoms with E-state index in [1.54, 1.807) is 6.08 Å². The Morgan fingerprint density at radius 1 is 1.30 bits per heavy atom. The van der Waals surface area contributed by atoms with Gasteiger partial charge in [-0.25, -0.2) is 4.79 Å². The van der Waals surface area contributed by atoms with Gasteiger partial charge in [-0.05, 0) is 49.0 Å². The molecule has 6 heteroatoms. The van der Waals surface area contributed by atoms with Gasteiger partial charge in [-0.15, -0.1) is 0 Å². The summed E-state index contributed by atoms with van der Waals surface area (Å²) in [6.45, 7) is 7.80. The molecule has 0 radical (unpaired) electrons. The third-order valence-electron chi connectivity index (χ3n) is 7.35. The second-order valence-electron chi connectivity index (χ2n) is 9.42. The van der Waals surface area contributed by atoms with Crippen molar-refractivity contribution < 1.29 is 29.3 Å². The Kier molecular flexibility index (Phi) is 7.40. The van der Waals surface area contributed by atoms with E-state index >= 15 is 0 Å². The van der Waals surface area contributed by atoms with Gasteiger partial charge in [0.15, 0.2) is 0 Å². The number of ether oxygens (including phenoxy) is 2. The van der Waals surface area contributed by atoms with Gasteiger partial charge in [0.2, 0.25) is 0 Å². The van der Waals surface area contributed by atoms with E-state index in [-0.39, 0.29) is 53.7 Å². The number of rotatable bonds is 6. The Morgan fingerprint density at radius 3 is 2.70 bits per heavy atom. The molecule has 0 saturated heterocycles. The molecule has 1 saturated carbocycles. The maximum absolute atomic E-state index is 12.6. The second kappa shape index (κ2) is 9.65. The molecule has 0 unspecified atom stereocenters. The van der Waals surface area contributed by atoms with Crippen molar-refractivity contribution >= 4 is 11.9 Å². The molecule has 1 aliphatic heterocycles. The molecule has 6 nitrogen and oxygen atoms in total. The molecule has 9 atom stereocenters. The van der Waals surface area contributed by atoms with Gasteiger partial charge in [0.1, 0.15) is 12.2 Å².